The van der Waals surface area contributed by atoms with Gasteiger partial charge in [-0.3, -0.25) is 10.4 Å². The molecule has 4 rings (SSSR count). The van der Waals surface area contributed by atoms with Crippen LogP contribution in [-0.4, -0.2) is 16.2 Å². The van der Waals surface area contributed by atoms with Gasteiger partial charge >= 0.3 is 0 Å². The van der Waals surface area contributed by atoms with Gasteiger partial charge in [-0.05, 0) is 29.8 Å². The third-order valence-electron chi connectivity index (χ3n) is 3.68. The molecular formula is C19H14N4. The molecule has 0 radical (unpaired) electrons. The van der Waals surface area contributed by atoms with E-state index in [4.69, 9.17) is 4.98 Å². The van der Waals surface area contributed by atoms with Crippen molar-refractivity contribution in [3.63, 3.8) is 0 Å². The van der Waals surface area contributed by atoms with Gasteiger partial charge in [0, 0.05) is 23.2 Å². The van der Waals surface area contributed by atoms with Gasteiger partial charge in [0.05, 0.1) is 22.9 Å². The minimum atomic E-state index is 0.952. The van der Waals surface area contributed by atoms with Crippen LogP contribution in [0.3, 0.4) is 0 Å². The molecule has 4 heteroatoms. The van der Waals surface area contributed by atoms with Crippen LogP contribution in [0.4, 0.5) is 5.69 Å². The Bertz CT molecular complexity index is 940. The highest BCUT2D eigenvalue weighted by Crippen LogP contribution is 2.30. The van der Waals surface area contributed by atoms with E-state index in [0.717, 1.165) is 33.1 Å². The Morgan fingerprint density at radius 3 is 2.04 bits per heavy atom. The van der Waals surface area contributed by atoms with Crippen molar-refractivity contribution in [2.45, 2.75) is 0 Å². The van der Waals surface area contributed by atoms with Gasteiger partial charge in [0.1, 0.15) is 0 Å². The number of rotatable bonds is 3. The highest BCUT2D eigenvalue weighted by atomic mass is 15.3. The molecule has 0 amide bonds. The van der Waals surface area contributed by atoms with Gasteiger partial charge in [-0.25, -0.2) is 4.98 Å². The third-order valence-corrected chi connectivity index (χ3v) is 3.68. The minimum Gasteiger partial charge on any atom is -0.277 e. The standard InChI is InChI=1S/C19H14N4/c1-3-7-17-15(5-1)19(16-6-2-4-8-18(16)22-17)23-21-13-14-9-11-20-12-10-14/h1-13H,(H,22,23)/b21-13+. The Hall–Kier alpha value is -3.27. The van der Waals surface area contributed by atoms with Crippen LogP contribution in [0.2, 0.25) is 0 Å². The van der Waals surface area contributed by atoms with Gasteiger partial charge in [0.15, 0.2) is 0 Å². The Morgan fingerprint density at radius 1 is 0.783 bits per heavy atom. The number of nitrogens with zero attached hydrogens (tertiary/aromatic N) is 3. The number of hydrogen-bond acceptors (Lipinski definition) is 4. The zero-order valence-corrected chi connectivity index (χ0v) is 12.3. The topological polar surface area (TPSA) is 50.2 Å². The molecule has 0 bridgehead atoms. The van der Waals surface area contributed by atoms with Crippen molar-refractivity contribution in [1.82, 2.24) is 9.97 Å². The van der Waals surface area contributed by atoms with Crippen molar-refractivity contribution in [1.29, 1.82) is 0 Å². The van der Waals surface area contributed by atoms with E-state index in [2.05, 4.69) is 27.6 Å². The molecule has 0 aliphatic rings. The fraction of sp³-hybridized carbons (Fsp3) is 0. The smallest absolute Gasteiger partial charge is 0.0749 e. The summed E-state index contributed by atoms with van der Waals surface area (Å²) in [5, 5.41) is 6.49. The fourth-order valence-corrected chi connectivity index (χ4v) is 2.58. The molecule has 2 heterocycles. The number of anilines is 1. The number of hydrogen-bond donors (Lipinski definition) is 1. The number of aromatic nitrogens is 2. The van der Waals surface area contributed by atoms with Gasteiger partial charge in [-0.15, -0.1) is 0 Å². The molecule has 0 atom stereocenters. The zero-order valence-electron chi connectivity index (χ0n) is 12.3. The van der Waals surface area contributed by atoms with Crippen LogP contribution < -0.4 is 5.43 Å². The van der Waals surface area contributed by atoms with Gasteiger partial charge in [-0.2, -0.15) is 5.10 Å². The van der Waals surface area contributed by atoms with Crippen molar-refractivity contribution < 1.29 is 0 Å². The van der Waals surface area contributed by atoms with E-state index in [-0.39, 0.29) is 0 Å². The van der Waals surface area contributed by atoms with Crippen molar-refractivity contribution in [3.8, 4) is 0 Å². The van der Waals surface area contributed by atoms with Gasteiger partial charge in [0.2, 0.25) is 0 Å². The van der Waals surface area contributed by atoms with Crippen LogP contribution in [-0.2, 0) is 0 Å². The van der Waals surface area contributed by atoms with E-state index in [1.165, 1.54) is 0 Å². The SMILES string of the molecule is C(=N\Nc1c2ccccc2nc2ccccc12)/c1ccncc1. The lowest BCUT2D eigenvalue weighted by Gasteiger charge is -2.09. The number of benzene rings is 2. The van der Waals surface area contributed by atoms with Gasteiger partial charge in [0.25, 0.3) is 0 Å². The summed E-state index contributed by atoms with van der Waals surface area (Å²) in [5.41, 5.74) is 7.06. The predicted molar refractivity (Wildman–Crippen MR) is 94.7 cm³/mol. The van der Waals surface area contributed by atoms with Crippen LogP contribution >= 0.6 is 0 Å². The highest BCUT2D eigenvalue weighted by Gasteiger charge is 2.07. The molecule has 0 unspecified atom stereocenters. The summed E-state index contributed by atoms with van der Waals surface area (Å²) in [7, 11) is 0. The molecule has 0 aliphatic carbocycles. The van der Waals surface area contributed by atoms with Gasteiger partial charge < -0.3 is 0 Å². The van der Waals surface area contributed by atoms with E-state index in [1.54, 1.807) is 18.6 Å². The Morgan fingerprint density at radius 2 is 1.39 bits per heavy atom. The number of fused-ring (bicyclic) bond motifs is 2. The third kappa shape index (κ3) is 2.62. The van der Waals surface area contributed by atoms with Crippen molar-refractivity contribution >= 4 is 33.7 Å². The minimum absolute atomic E-state index is 0.952. The second kappa shape index (κ2) is 5.85. The molecule has 4 aromatic rings. The first kappa shape index (κ1) is 13.4. The molecule has 0 saturated carbocycles. The molecule has 4 nitrogen and oxygen atoms in total. The normalized spacial score (nSPS) is 11.3. The molecule has 2 aromatic carbocycles. The molecule has 110 valence electrons. The van der Waals surface area contributed by atoms with Crippen molar-refractivity contribution in [2.24, 2.45) is 5.10 Å². The average molecular weight is 298 g/mol. The largest absolute Gasteiger partial charge is 0.277 e. The maximum atomic E-state index is 4.70. The average Bonchev–Trinajstić information content (AvgIpc) is 2.62. The molecular weight excluding hydrogens is 284 g/mol. The first-order valence-electron chi connectivity index (χ1n) is 7.38. The zero-order chi connectivity index (χ0) is 15.5. The maximum Gasteiger partial charge on any atom is 0.0749 e. The van der Waals surface area contributed by atoms with E-state index in [0.29, 0.717) is 0 Å². The monoisotopic (exact) mass is 298 g/mol. The first-order chi connectivity index (χ1) is 11.4. The van der Waals surface area contributed by atoms with Gasteiger partial charge in [-0.1, -0.05) is 36.4 Å². The van der Waals surface area contributed by atoms with Crippen LogP contribution in [0.25, 0.3) is 21.8 Å². The Labute approximate surface area is 133 Å². The lowest BCUT2D eigenvalue weighted by molar-refractivity contribution is 1.31. The summed E-state index contributed by atoms with van der Waals surface area (Å²) in [4.78, 5) is 8.71. The molecule has 0 spiro atoms. The summed E-state index contributed by atoms with van der Waals surface area (Å²) in [6.45, 7) is 0. The van der Waals surface area contributed by atoms with E-state index in [1.807, 2.05) is 48.5 Å². The highest BCUT2D eigenvalue weighted by molar-refractivity contribution is 6.07. The molecule has 0 fully saturated rings. The molecule has 2 aromatic heterocycles. The molecule has 23 heavy (non-hydrogen) atoms. The molecule has 0 saturated heterocycles. The second-order valence-electron chi connectivity index (χ2n) is 5.17. The summed E-state index contributed by atoms with van der Waals surface area (Å²) < 4.78 is 0. The van der Waals surface area contributed by atoms with E-state index >= 15 is 0 Å². The number of nitrogens with one attached hydrogen (secondary N) is 1. The second-order valence-corrected chi connectivity index (χ2v) is 5.17. The van der Waals surface area contributed by atoms with Crippen molar-refractivity contribution in [3.05, 3.63) is 78.6 Å². The first-order valence-corrected chi connectivity index (χ1v) is 7.38. The lowest BCUT2D eigenvalue weighted by Crippen LogP contribution is -1.95. The summed E-state index contributed by atoms with van der Waals surface area (Å²) >= 11 is 0. The summed E-state index contributed by atoms with van der Waals surface area (Å²) in [5.74, 6) is 0. The van der Waals surface area contributed by atoms with Crippen LogP contribution in [0.5, 0.6) is 0 Å². The fourth-order valence-electron chi connectivity index (χ4n) is 2.58. The Kier molecular flexibility index (Phi) is 3.41. The summed E-state index contributed by atoms with van der Waals surface area (Å²) in [6.07, 6.45) is 5.28. The number of hydrazone groups is 1. The lowest BCUT2D eigenvalue weighted by atomic mass is 10.1. The predicted octanol–water partition coefficient (Wildman–Crippen LogP) is 4.23. The van der Waals surface area contributed by atoms with Crippen LogP contribution in [0, 0.1) is 0 Å². The van der Waals surface area contributed by atoms with Crippen LogP contribution in [0.15, 0.2) is 78.2 Å². The number of pyridine rings is 2. The van der Waals surface area contributed by atoms with Crippen molar-refractivity contribution in [2.75, 3.05) is 5.43 Å². The number of para-hydroxylation sites is 2. The quantitative estimate of drug-likeness (QED) is 0.350. The molecule has 0 aliphatic heterocycles. The maximum absolute atomic E-state index is 4.70. The van der Waals surface area contributed by atoms with Crippen LogP contribution in [0.1, 0.15) is 5.56 Å². The van der Waals surface area contributed by atoms with E-state index in [9.17, 15) is 0 Å². The van der Waals surface area contributed by atoms with E-state index < -0.39 is 0 Å². The summed E-state index contributed by atoms with van der Waals surface area (Å²) in [6, 6.07) is 20.0. The Balaban J connectivity index is 1.81. The molecule has 1 N–H and O–H groups in total.